The standard InChI is InChI=1S/C17H31N3O4/c1-5-23-14(21)17(6-7-17)12-18-10-13-11-20(9-8-19-13)15(22)24-16(2,3)4/h13,18-19H,5-12H2,1-4H3. The fourth-order valence-electron chi connectivity index (χ4n) is 2.83. The normalized spacial score (nSPS) is 22.8. The van der Waals surface area contributed by atoms with Crippen molar-refractivity contribution in [3.05, 3.63) is 0 Å². The van der Waals surface area contributed by atoms with Gasteiger partial charge in [0.2, 0.25) is 0 Å². The summed E-state index contributed by atoms with van der Waals surface area (Å²) in [5.41, 5.74) is -0.802. The quantitative estimate of drug-likeness (QED) is 0.705. The molecule has 0 aromatic rings. The summed E-state index contributed by atoms with van der Waals surface area (Å²) in [6.07, 6.45) is 1.52. The zero-order valence-corrected chi connectivity index (χ0v) is 15.3. The van der Waals surface area contributed by atoms with E-state index in [1.54, 1.807) is 4.90 Å². The molecule has 7 heteroatoms. The summed E-state index contributed by atoms with van der Waals surface area (Å²) in [5, 5.41) is 6.76. The Labute approximate surface area is 144 Å². The van der Waals surface area contributed by atoms with Gasteiger partial charge < -0.3 is 25.0 Å². The number of esters is 1. The first kappa shape index (κ1) is 19.0. The van der Waals surface area contributed by atoms with Crippen LogP contribution in [0.15, 0.2) is 0 Å². The highest BCUT2D eigenvalue weighted by Crippen LogP contribution is 2.46. The summed E-state index contributed by atoms with van der Waals surface area (Å²) in [7, 11) is 0. The van der Waals surface area contributed by atoms with Crippen molar-refractivity contribution in [2.45, 2.75) is 52.2 Å². The van der Waals surface area contributed by atoms with Crippen LogP contribution < -0.4 is 10.6 Å². The lowest BCUT2D eigenvalue weighted by Gasteiger charge is -2.35. The summed E-state index contributed by atoms with van der Waals surface area (Å²) in [6, 6.07) is 0.157. The van der Waals surface area contributed by atoms with Crippen molar-refractivity contribution >= 4 is 12.1 Å². The van der Waals surface area contributed by atoms with Crippen LogP contribution in [0.5, 0.6) is 0 Å². The van der Waals surface area contributed by atoms with Gasteiger partial charge in [-0.1, -0.05) is 0 Å². The van der Waals surface area contributed by atoms with E-state index in [9.17, 15) is 9.59 Å². The monoisotopic (exact) mass is 341 g/mol. The summed E-state index contributed by atoms with van der Waals surface area (Å²) in [6.45, 7) is 11.2. The molecule has 7 nitrogen and oxygen atoms in total. The molecule has 0 bridgehead atoms. The van der Waals surface area contributed by atoms with Gasteiger partial charge in [-0.05, 0) is 40.5 Å². The number of nitrogens with one attached hydrogen (secondary N) is 2. The van der Waals surface area contributed by atoms with Crippen LogP contribution in [-0.4, -0.2) is 67.9 Å². The van der Waals surface area contributed by atoms with Crippen molar-refractivity contribution in [3.8, 4) is 0 Å². The molecule has 0 aromatic heterocycles. The molecule has 0 spiro atoms. The summed E-state index contributed by atoms with van der Waals surface area (Å²) in [4.78, 5) is 25.8. The van der Waals surface area contributed by atoms with Crippen LogP contribution in [0.3, 0.4) is 0 Å². The van der Waals surface area contributed by atoms with E-state index in [4.69, 9.17) is 9.47 Å². The predicted octanol–water partition coefficient (Wildman–Crippen LogP) is 1.13. The molecule has 1 aliphatic heterocycles. The lowest BCUT2D eigenvalue weighted by atomic mass is 10.1. The average molecular weight is 341 g/mol. The fraction of sp³-hybridized carbons (Fsp3) is 0.882. The first-order valence-electron chi connectivity index (χ1n) is 8.85. The first-order valence-corrected chi connectivity index (χ1v) is 8.85. The molecule has 1 aliphatic carbocycles. The number of nitrogens with zero attached hydrogens (tertiary/aromatic N) is 1. The van der Waals surface area contributed by atoms with E-state index in [1.165, 1.54) is 0 Å². The van der Waals surface area contributed by atoms with E-state index in [0.717, 1.165) is 19.4 Å². The van der Waals surface area contributed by atoms with Crippen LogP contribution >= 0.6 is 0 Å². The second-order valence-electron chi connectivity index (χ2n) is 7.71. The first-order chi connectivity index (χ1) is 11.3. The molecular weight excluding hydrogens is 310 g/mol. The maximum absolute atomic E-state index is 12.2. The average Bonchev–Trinajstić information content (AvgIpc) is 3.27. The van der Waals surface area contributed by atoms with Crippen LogP contribution in [0.1, 0.15) is 40.5 Å². The molecule has 2 rings (SSSR count). The molecule has 1 atom stereocenters. The third-order valence-electron chi connectivity index (χ3n) is 4.32. The number of rotatable bonds is 6. The zero-order valence-electron chi connectivity index (χ0n) is 15.3. The Balaban J connectivity index is 1.73. The van der Waals surface area contributed by atoms with Gasteiger partial charge in [-0.3, -0.25) is 4.79 Å². The number of carbonyl (C=O) groups is 2. The minimum absolute atomic E-state index is 0.0931. The van der Waals surface area contributed by atoms with Crippen molar-refractivity contribution in [1.82, 2.24) is 15.5 Å². The Hall–Kier alpha value is -1.34. The molecule has 138 valence electrons. The van der Waals surface area contributed by atoms with Gasteiger partial charge in [0.1, 0.15) is 5.60 Å². The molecule has 1 heterocycles. The lowest BCUT2D eigenvalue weighted by Crippen LogP contribution is -2.56. The lowest BCUT2D eigenvalue weighted by molar-refractivity contribution is -0.149. The smallest absolute Gasteiger partial charge is 0.410 e. The highest BCUT2D eigenvalue weighted by atomic mass is 16.6. The molecular formula is C17H31N3O4. The van der Waals surface area contributed by atoms with Crippen LogP contribution in [0.25, 0.3) is 0 Å². The van der Waals surface area contributed by atoms with Gasteiger partial charge in [0, 0.05) is 38.8 Å². The van der Waals surface area contributed by atoms with Crippen LogP contribution in [0, 0.1) is 5.41 Å². The molecule has 1 unspecified atom stereocenters. The van der Waals surface area contributed by atoms with E-state index >= 15 is 0 Å². The summed E-state index contributed by atoms with van der Waals surface area (Å²) < 4.78 is 10.6. The fourth-order valence-corrected chi connectivity index (χ4v) is 2.83. The number of carbonyl (C=O) groups excluding carboxylic acids is 2. The van der Waals surface area contributed by atoms with E-state index in [1.807, 2.05) is 27.7 Å². The van der Waals surface area contributed by atoms with Gasteiger partial charge in [0.25, 0.3) is 0 Å². The molecule has 1 saturated heterocycles. The van der Waals surface area contributed by atoms with Crippen molar-refractivity contribution in [2.24, 2.45) is 5.41 Å². The second kappa shape index (κ2) is 7.70. The zero-order chi connectivity index (χ0) is 17.8. The molecule has 0 aromatic carbocycles. The molecule has 2 aliphatic rings. The Morgan fingerprint density at radius 1 is 1.33 bits per heavy atom. The summed E-state index contributed by atoms with van der Waals surface area (Å²) >= 11 is 0. The Kier molecular flexibility index (Phi) is 6.09. The minimum Gasteiger partial charge on any atom is -0.466 e. The number of ether oxygens (including phenoxy) is 2. The molecule has 2 fully saturated rings. The van der Waals surface area contributed by atoms with Crippen LogP contribution in [0.4, 0.5) is 4.79 Å². The third kappa shape index (κ3) is 5.34. The van der Waals surface area contributed by atoms with Gasteiger partial charge >= 0.3 is 12.1 Å². The SMILES string of the molecule is CCOC(=O)C1(CNCC2CN(C(=O)OC(C)(C)C)CCN2)CC1. The van der Waals surface area contributed by atoms with Crippen molar-refractivity contribution in [2.75, 3.05) is 39.3 Å². The predicted molar refractivity (Wildman–Crippen MR) is 90.8 cm³/mol. The number of hydrogen-bond acceptors (Lipinski definition) is 6. The van der Waals surface area contributed by atoms with Crippen LogP contribution in [0.2, 0.25) is 0 Å². The maximum Gasteiger partial charge on any atom is 0.410 e. The van der Waals surface area contributed by atoms with Gasteiger partial charge in [0.15, 0.2) is 0 Å². The molecule has 2 N–H and O–H groups in total. The molecule has 1 amide bonds. The maximum atomic E-state index is 12.2. The van der Waals surface area contributed by atoms with Crippen LogP contribution in [-0.2, 0) is 14.3 Å². The topological polar surface area (TPSA) is 79.9 Å². The highest BCUT2D eigenvalue weighted by Gasteiger charge is 2.50. The van der Waals surface area contributed by atoms with E-state index in [2.05, 4.69) is 10.6 Å². The Bertz CT molecular complexity index is 457. The van der Waals surface area contributed by atoms with E-state index < -0.39 is 5.60 Å². The van der Waals surface area contributed by atoms with Gasteiger partial charge in [0.05, 0.1) is 12.0 Å². The molecule has 24 heavy (non-hydrogen) atoms. The highest BCUT2D eigenvalue weighted by molar-refractivity contribution is 5.80. The summed E-state index contributed by atoms with van der Waals surface area (Å²) in [5.74, 6) is -0.0931. The number of amides is 1. The van der Waals surface area contributed by atoms with Crippen molar-refractivity contribution < 1.29 is 19.1 Å². The minimum atomic E-state index is -0.478. The van der Waals surface area contributed by atoms with Gasteiger partial charge in [-0.2, -0.15) is 0 Å². The number of hydrogen-bond donors (Lipinski definition) is 2. The van der Waals surface area contributed by atoms with Crippen molar-refractivity contribution in [3.63, 3.8) is 0 Å². The largest absolute Gasteiger partial charge is 0.466 e. The van der Waals surface area contributed by atoms with Gasteiger partial charge in [-0.25, -0.2) is 4.79 Å². The molecule has 1 saturated carbocycles. The second-order valence-corrected chi connectivity index (χ2v) is 7.71. The van der Waals surface area contributed by atoms with Crippen molar-refractivity contribution in [1.29, 1.82) is 0 Å². The molecule has 0 radical (unpaired) electrons. The Morgan fingerprint density at radius 3 is 2.62 bits per heavy atom. The van der Waals surface area contributed by atoms with E-state index in [-0.39, 0.29) is 23.5 Å². The Morgan fingerprint density at radius 2 is 2.04 bits per heavy atom. The van der Waals surface area contributed by atoms with Gasteiger partial charge in [-0.15, -0.1) is 0 Å². The number of piperazine rings is 1. The van der Waals surface area contributed by atoms with E-state index in [0.29, 0.717) is 32.8 Å². The third-order valence-corrected chi connectivity index (χ3v) is 4.32.